The van der Waals surface area contributed by atoms with Crippen LogP contribution in [0.5, 0.6) is 11.5 Å². The molecule has 0 saturated carbocycles. The highest BCUT2D eigenvalue weighted by Gasteiger charge is 2.27. The molecule has 1 atom stereocenters. The van der Waals surface area contributed by atoms with Gasteiger partial charge in [0, 0.05) is 11.6 Å². The Morgan fingerprint density at radius 3 is 2.66 bits per heavy atom. The lowest BCUT2D eigenvalue weighted by Gasteiger charge is -2.24. The number of nitrogens with one attached hydrogen (secondary N) is 4. The van der Waals surface area contributed by atoms with Crippen molar-refractivity contribution in [1.29, 1.82) is 5.26 Å². The highest BCUT2D eigenvalue weighted by Crippen LogP contribution is 2.41. The average molecular weight is 472 g/mol. The number of anilines is 2. The van der Waals surface area contributed by atoms with Crippen LogP contribution in [0.15, 0.2) is 47.7 Å². The van der Waals surface area contributed by atoms with Gasteiger partial charge in [-0.05, 0) is 44.2 Å². The molecule has 11 heteroatoms. The zero-order chi connectivity index (χ0) is 23.0. The van der Waals surface area contributed by atoms with E-state index in [4.69, 9.17) is 33.2 Å². The Kier molecular flexibility index (Phi) is 5.95. The fourth-order valence-electron chi connectivity index (χ4n) is 3.25. The number of nitriles is 1. The maximum Gasteiger partial charge on any atom is 0.347 e. The summed E-state index contributed by atoms with van der Waals surface area (Å²) in [4.78, 5) is 12.3. The molecule has 4 rings (SSSR count). The van der Waals surface area contributed by atoms with Gasteiger partial charge in [0.05, 0.1) is 27.1 Å². The summed E-state index contributed by atoms with van der Waals surface area (Å²) in [6.45, 7) is 7.71. The minimum Gasteiger partial charge on any atom is -0.454 e. The lowest BCUT2D eigenvalue weighted by atomic mass is 10.1. The summed E-state index contributed by atoms with van der Waals surface area (Å²) in [5.41, 5.74) is 8.59. The van der Waals surface area contributed by atoms with E-state index in [1.165, 1.54) is 12.1 Å². The summed E-state index contributed by atoms with van der Waals surface area (Å²) in [6.07, 6.45) is -0.0820. The largest absolute Gasteiger partial charge is 0.454 e. The van der Waals surface area contributed by atoms with Crippen LogP contribution in [-0.4, -0.2) is 17.8 Å². The van der Waals surface area contributed by atoms with Crippen LogP contribution in [0.25, 0.3) is 0 Å². The topological polar surface area (TPSA) is 114 Å². The number of rotatable bonds is 5. The first-order valence-corrected chi connectivity index (χ1v) is 10.4. The zero-order valence-electron chi connectivity index (χ0n) is 17.2. The predicted octanol–water partition coefficient (Wildman–Crippen LogP) is 4.64. The van der Waals surface area contributed by atoms with Crippen LogP contribution >= 0.6 is 23.2 Å². The molecular formula is C21H19Cl2N7O2. The summed E-state index contributed by atoms with van der Waals surface area (Å²) in [5.74, 6) is 0.772. The third kappa shape index (κ3) is 4.22. The molecule has 1 unspecified atom stereocenters. The number of hydrazone groups is 1. The number of ether oxygens (including phenoxy) is 1. The molecule has 0 saturated heterocycles. The highest BCUT2D eigenvalue weighted by molar-refractivity contribution is 6.37. The maximum atomic E-state index is 12.3. The van der Waals surface area contributed by atoms with Gasteiger partial charge in [-0.25, -0.2) is 10.2 Å². The van der Waals surface area contributed by atoms with Gasteiger partial charge in [0.2, 0.25) is 0 Å². The number of urea groups is 1. The Balaban J connectivity index is 1.62. The van der Waals surface area contributed by atoms with E-state index >= 15 is 0 Å². The van der Waals surface area contributed by atoms with Crippen molar-refractivity contribution in [2.45, 2.75) is 26.1 Å². The summed E-state index contributed by atoms with van der Waals surface area (Å²) in [6, 6.07) is 10.1. The van der Waals surface area contributed by atoms with Crippen LogP contribution in [0.4, 0.5) is 16.2 Å². The van der Waals surface area contributed by atoms with E-state index < -0.39 is 6.03 Å². The molecule has 2 aromatic carbocycles. The van der Waals surface area contributed by atoms with Crippen LogP contribution in [0.2, 0.25) is 10.0 Å². The molecule has 0 bridgehead atoms. The number of benzene rings is 2. The Morgan fingerprint density at radius 1 is 1.28 bits per heavy atom. The third-order valence-electron chi connectivity index (χ3n) is 4.67. The summed E-state index contributed by atoms with van der Waals surface area (Å²) in [7, 11) is 0. The van der Waals surface area contributed by atoms with Gasteiger partial charge in [0.15, 0.2) is 11.5 Å². The Hall–Kier alpha value is -3.29. The number of fused-ring (bicyclic) bond motifs is 1. The van der Waals surface area contributed by atoms with E-state index in [2.05, 4.69) is 47.0 Å². The van der Waals surface area contributed by atoms with Crippen LogP contribution in [0.3, 0.4) is 0 Å². The Morgan fingerprint density at radius 2 is 2.00 bits per heavy atom. The minimum absolute atomic E-state index is 0.0258. The number of carbonyl (C=O) groups is 1. The van der Waals surface area contributed by atoms with E-state index in [9.17, 15) is 4.79 Å². The van der Waals surface area contributed by atoms with E-state index in [0.29, 0.717) is 5.75 Å². The molecule has 4 N–H and O–H groups in total. The molecule has 2 aliphatic heterocycles. The molecule has 0 radical (unpaired) electrons. The van der Waals surface area contributed by atoms with Crippen molar-refractivity contribution in [2.75, 3.05) is 10.4 Å². The van der Waals surface area contributed by atoms with Gasteiger partial charge in [-0.3, -0.25) is 5.32 Å². The molecule has 0 aliphatic carbocycles. The second-order valence-corrected chi connectivity index (χ2v) is 8.21. The fourth-order valence-corrected chi connectivity index (χ4v) is 3.80. The van der Waals surface area contributed by atoms with Crippen LogP contribution in [0.1, 0.15) is 25.6 Å². The van der Waals surface area contributed by atoms with E-state index in [-0.39, 0.29) is 45.1 Å². The number of allylic oxidation sites excluding steroid dienone is 1. The monoisotopic (exact) mass is 471 g/mol. The quantitative estimate of drug-likeness (QED) is 0.505. The van der Waals surface area contributed by atoms with Crippen molar-refractivity contribution in [1.82, 2.24) is 16.1 Å². The first kappa shape index (κ1) is 21.9. The third-order valence-corrected chi connectivity index (χ3v) is 5.24. The number of hydrogen-bond donors (Lipinski definition) is 4. The minimum atomic E-state index is -0.586. The summed E-state index contributed by atoms with van der Waals surface area (Å²) in [5, 5.41) is 20.4. The number of halogens is 2. The van der Waals surface area contributed by atoms with E-state index in [0.717, 1.165) is 16.3 Å². The molecule has 0 spiro atoms. The average Bonchev–Trinajstić information content (AvgIpc) is 3.12. The van der Waals surface area contributed by atoms with Gasteiger partial charge in [0.25, 0.3) is 0 Å². The standard InChI is InChI=1S/C21H19Cl2N7O2/c1-10(2)25-20-14-8-13(4-5-17(14)27-28-20)32-19-15(22)6-12(7-16(19)23)30-21(31)26-11(3)18(9-24)29-30/h4-8,10,20,25,27-28H,3H2,1-2H3,(H,26,31). The number of carbonyl (C=O) groups excluding carboxylic acids is 1. The van der Waals surface area contributed by atoms with Crippen LogP contribution in [-0.2, 0) is 0 Å². The van der Waals surface area contributed by atoms with Crippen molar-refractivity contribution in [3.05, 3.63) is 58.2 Å². The van der Waals surface area contributed by atoms with Crippen LogP contribution < -0.4 is 31.2 Å². The van der Waals surface area contributed by atoms with Crippen molar-refractivity contribution >= 4 is 46.3 Å². The summed E-state index contributed by atoms with van der Waals surface area (Å²) >= 11 is 12.9. The van der Waals surface area contributed by atoms with Gasteiger partial charge < -0.3 is 15.5 Å². The van der Waals surface area contributed by atoms with Crippen molar-refractivity contribution in [3.63, 3.8) is 0 Å². The second-order valence-electron chi connectivity index (χ2n) is 7.39. The number of hydrogen-bond acceptors (Lipinski definition) is 7. The highest BCUT2D eigenvalue weighted by atomic mass is 35.5. The molecule has 32 heavy (non-hydrogen) atoms. The molecule has 2 heterocycles. The molecule has 0 fully saturated rings. The first-order chi connectivity index (χ1) is 15.3. The smallest absolute Gasteiger partial charge is 0.347 e. The van der Waals surface area contributed by atoms with Crippen molar-refractivity contribution in [2.24, 2.45) is 5.10 Å². The lowest BCUT2D eigenvalue weighted by Crippen LogP contribution is -2.42. The molecular weight excluding hydrogens is 453 g/mol. The zero-order valence-corrected chi connectivity index (χ0v) is 18.7. The maximum absolute atomic E-state index is 12.3. The van der Waals surface area contributed by atoms with Gasteiger partial charge in [0.1, 0.15) is 18.0 Å². The van der Waals surface area contributed by atoms with Crippen molar-refractivity contribution < 1.29 is 9.53 Å². The second kappa shape index (κ2) is 8.68. The molecule has 2 aliphatic rings. The first-order valence-electron chi connectivity index (χ1n) is 9.64. The molecule has 164 valence electrons. The predicted molar refractivity (Wildman–Crippen MR) is 124 cm³/mol. The van der Waals surface area contributed by atoms with Crippen LogP contribution in [0, 0.1) is 11.3 Å². The van der Waals surface area contributed by atoms with Gasteiger partial charge in [-0.1, -0.05) is 29.8 Å². The molecule has 2 aromatic rings. The van der Waals surface area contributed by atoms with Gasteiger partial charge in [-0.2, -0.15) is 15.4 Å². The lowest BCUT2D eigenvalue weighted by molar-refractivity contribution is 0.248. The number of hydrazine groups is 1. The number of amides is 2. The molecule has 9 nitrogen and oxygen atoms in total. The summed E-state index contributed by atoms with van der Waals surface area (Å²) < 4.78 is 5.98. The number of nitrogens with zero attached hydrogens (tertiary/aromatic N) is 3. The Bertz CT molecular complexity index is 1170. The molecule has 2 amide bonds. The molecule has 0 aromatic heterocycles. The van der Waals surface area contributed by atoms with E-state index in [1.807, 2.05) is 18.2 Å². The van der Waals surface area contributed by atoms with Gasteiger partial charge >= 0.3 is 6.03 Å². The normalized spacial score (nSPS) is 17.4. The SMILES string of the molecule is C=C1NC(=O)N(c2cc(Cl)c(Oc3ccc4c(c3)C(NC(C)C)NN4)c(Cl)c2)N=C1C#N. The van der Waals surface area contributed by atoms with Gasteiger partial charge in [-0.15, -0.1) is 0 Å². The Labute approximate surface area is 194 Å². The van der Waals surface area contributed by atoms with Crippen molar-refractivity contribution in [3.8, 4) is 17.6 Å². The van der Waals surface area contributed by atoms with E-state index in [1.54, 1.807) is 6.07 Å². The fraction of sp³-hybridized carbons (Fsp3) is 0.190.